The molecule has 0 amide bonds. The summed E-state index contributed by atoms with van der Waals surface area (Å²) in [5.41, 5.74) is 2.18. The molecule has 0 saturated carbocycles. The van der Waals surface area contributed by atoms with Gasteiger partial charge in [-0.25, -0.2) is 0 Å². The molecule has 14 heavy (non-hydrogen) atoms. The van der Waals surface area contributed by atoms with Gasteiger partial charge in [0, 0.05) is 11.0 Å². The second-order valence-corrected chi connectivity index (χ2v) is 3.38. The predicted molar refractivity (Wildman–Crippen MR) is 53.5 cm³/mol. The lowest BCUT2D eigenvalue weighted by atomic mass is 10.2. The fourth-order valence-electron chi connectivity index (χ4n) is 1.46. The molecule has 0 aliphatic carbocycles. The van der Waals surface area contributed by atoms with E-state index in [2.05, 4.69) is 0 Å². The molecule has 4 nitrogen and oxygen atoms in total. The standard InChI is InChI=1S/C10H10N2O2/c1-7-3-4-9-10(5-7)12(14)8(2)6-11(9)13/h3-6H,1-2H3. The van der Waals surface area contributed by atoms with E-state index in [0.29, 0.717) is 16.7 Å². The fourth-order valence-corrected chi connectivity index (χ4v) is 1.46. The summed E-state index contributed by atoms with van der Waals surface area (Å²) in [4.78, 5) is 11.4. The summed E-state index contributed by atoms with van der Waals surface area (Å²) >= 11 is 0. The van der Waals surface area contributed by atoms with Gasteiger partial charge in [0.2, 0.25) is 6.20 Å². The molecule has 0 unspecified atom stereocenters. The van der Waals surface area contributed by atoms with Crippen molar-refractivity contribution in [2.75, 3.05) is 0 Å². The topological polar surface area (TPSA) is 51.0 Å². The zero-order valence-electron chi connectivity index (χ0n) is 8.02. The Bertz CT molecular complexity index is 558. The van der Waals surface area contributed by atoms with Crippen LogP contribution >= 0.6 is 0 Å². The first-order valence-electron chi connectivity index (χ1n) is 4.32. The fraction of sp³-hybridized carbons (Fsp3) is 0.200. The van der Waals surface area contributed by atoms with E-state index in [-0.39, 0.29) is 0 Å². The number of hydrogen-bond acceptors (Lipinski definition) is 2. The highest BCUT2D eigenvalue weighted by atomic mass is 16.5. The molecule has 1 heterocycles. The molecule has 2 aromatic rings. The first-order chi connectivity index (χ1) is 6.59. The largest absolute Gasteiger partial charge is 0.805 e. The maximum Gasteiger partial charge on any atom is 0.286 e. The quantitative estimate of drug-likeness (QED) is 0.591. The summed E-state index contributed by atoms with van der Waals surface area (Å²) in [5.74, 6) is 0. The number of nitrogens with zero attached hydrogens (tertiary/aromatic N) is 2. The van der Waals surface area contributed by atoms with Crippen LogP contribution in [0.3, 0.4) is 0 Å². The minimum Gasteiger partial charge on any atom is -0.805 e. The van der Waals surface area contributed by atoms with Gasteiger partial charge in [0.05, 0.1) is 10.1 Å². The number of aryl methyl sites for hydroxylation is 2. The third-order valence-corrected chi connectivity index (χ3v) is 2.21. The molecule has 0 saturated heterocycles. The third kappa shape index (κ3) is 1.16. The van der Waals surface area contributed by atoms with Gasteiger partial charge in [-0.1, -0.05) is 6.07 Å². The first kappa shape index (κ1) is 8.74. The van der Waals surface area contributed by atoms with Crippen molar-refractivity contribution >= 4 is 11.0 Å². The first-order valence-corrected chi connectivity index (χ1v) is 4.32. The van der Waals surface area contributed by atoms with Gasteiger partial charge in [0.1, 0.15) is 5.52 Å². The smallest absolute Gasteiger partial charge is 0.286 e. The average Bonchev–Trinajstić information content (AvgIpc) is 2.14. The van der Waals surface area contributed by atoms with Crippen LogP contribution in [-0.4, -0.2) is 4.73 Å². The van der Waals surface area contributed by atoms with Crippen LogP contribution in [0.2, 0.25) is 0 Å². The molecule has 72 valence electrons. The van der Waals surface area contributed by atoms with Crippen molar-refractivity contribution in [3.63, 3.8) is 0 Å². The van der Waals surface area contributed by atoms with Crippen molar-refractivity contribution in [2.45, 2.75) is 13.8 Å². The Kier molecular flexibility index (Phi) is 1.77. The highest BCUT2D eigenvalue weighted by Crippen LogP contribution is 2.12. The van der Waals surface area contributed by atoms with E-state index >= 15 is 0 Å². The van der Waals surface area contributed by atoms with Crippen molar-refractivity contribution in [3.05, 3.63) is 45.8 Å². The maximum absolute atomic E-state index is 11.6. The summed E-state index contributed by atoms with van der Waals surface area (Å²) in [7, 11) is 0. The zero-order chi connectivity index (χ0) is 10.3. The van der Waals surface area contributed by atoms with Crippen LogP contribution in [0.4, 0.5) is 0 Å². The van der Waals surface area contributed by atoms with Crippen molar-refractivity contribution in [1.29, 1.82) is 0 Å². The van der Waals surface area contributed by atoms with E-state index in [1.807, 2.05) is 13.0 Å². The second-order valence-electron chi connectivity index (χ2n) is 3.38. The predicted octanol–water partition coefficient (Wildman–Crippen LogP) is 1.52. The van der Waals surface area contributed by atoms with Gasteiger partial charge in [-0.2, -0.15) is 0 Å². The molecule has 0 bridgehead atoms. The molecule has 0 spiro atoms. The Balaban J connectivity index is 3.03. The number of fused-ring (bicyclic) bond motifs is 1. The summed E-state index contributed by atoms with van der Waals surface area (Å²) in [6, 6.07) is 5.18. The van der Waals surface area contributed by atoms with E-state index in [1.165, 1.54) is 6.20 Å². The van der Waals surface area contributed by atoms with E-state index < -0.39 is 0 Å². The van der Waals surface area contributed by atoms with Gasteiger partial charge in [0.15, 0.2) is 0 Å². The van der Waals surface area contributed by atoms with Crippen molar-refractivity contribution in [3.8, 4) is 0 Å². The van der Waals surface area contributed by atoms with Gasteiger partial charge in [-0.3, -0.25) is 0 Å². The highest BCUT2D eigenvalue weighted by Gasteiger charge is 2.08. The Morgan fingerprint density at radius 3 is 2.79 bits per heavy atom. The molecular weight excluding hydrogens is 180 g/mol. The minimum atomic E-state index is 0.399. The molecule has 0 radical (unpaired) electrons. The van der Waals surface area contributed by atoms with Crippen molar-refractivity contribution < 1.29 is 4.43 Å². The lowest BCUT2D eigenvalue weighted by Gasteiger charge is -2.13. The monoisotopic (exact) mass is 190 g/mol. The maximum atomic E-state index is 11.6. The lowest BCUT2D eigenvalue weighted by Crippen LogP contribution is -2.18. The Labute approximate surface area is 80.6 Å². The van der Waals surface area contributed by atoms with E-state index in [0.717, 1.165) is 14.7 Å². The van der Waals surface area contributed by atoms with Crippen LogP contribution < -0.4 is 4.43 Å². The third-order valence-electron chi connectivity index (χ3n) is 2.21. The number of aromatic nitrogens is 2. The van der Waals surface area contributed by atoms with Gasteiger partial charge in [-0.15, -0.1) is 0 Å². The Morgan fingerprint density at radius 2 is 2.07 bits per heavy atom. The lowest BCUT2D eigenvalue weighted by molar-refractivity contribution is -0.465. The molecule has 0 N–H and O–H groups in total. The molecule has 0 atom stereocenters. The Morgan fingerprint density at radius 1 is 1.36 bits per heavy atom. The number of rotatable bonds is 0. The molecule has 0 aliphatic heterocycles. The SMILES string of the molecule is Cc1ccc2c(c1)n([O-])c(C)c[n+]2=O. The van der Waals surface area contributed by atoms with Crippen LogP contribution in [0.15, 0.2) is 24.4 Å². The van der Waals surface area contributed by atoms with E-state index in [4.69, 9.17) is 0 Å². The summed E-state index contributed by atoms with van der Waals surface area (Å²) in [5, 5.41) is 11.6. The van der Waals surface area contributed by atoms with Gasteiger partial charge >= 0.3 is 0 Å². The number of hydrogen-bond donors (Lipinski definition) is 0. The van der Waals surface area contributed by atoms with Gasteiger partial charge in [-0.05, 0) is 25.5 Å². The second kappa shape index (κ2) is 2.83. The molecule has 0 aliphatic rings. The summed E-state index contributed by atoms with van der Waals surface area (Å²) < 4.78 is 1.50. The van der Waals surface area contributed by atoms with Crippen molar-refractivity contribution in [2.24, 2.45) is 0 Å². The summed E-state index contributed by atoms with van der Waals surface area (Å²) in [6.07, 6.45) is 1.28. The van der Waals surface area contributed by atoms with Crippen LogP contribution in [0.1, 0.15) is 11.3 Å². The van der Waals surface area contributed by atoms with Gasteiger partial charge in [0.25, 0.3) is 5.52 Å². The molecule has 1 aromatic heterocycles. The molecular formula is C10H10N2O2. The van der Waals surface area contributed by atoms with Crippen LogP contribution in [0, 0.1) is 24.0 Å². The molecule has 4 heteroatoms. The normalized spacial score (nSPS) is 10.7. The highest BCUT2D eigenvalue weighted by molar-refractivity contribution is 5.72. The molecule has 0 fully saturated rings. The van der Waals surface area contributed by atoms with Gasteiger partial charge < -0.3 is 9.94 Å². The van der Waals surface area contributed by atoms with E-state index in [1.54, 1.807) is 19.1 Å². The van der Waals surface area contributed by atoms with E-state index in [9.17, 15) is 10.1 Å². The Hall–Kier alpha value is -1.84. The number of benzene rings is 1. The average molecular weight is 190 g/mol. The van der Waals surface area contributed by atoms with Crippen LogP contribution in [0.25, 0.3) is 11.0 Å². The molecule has 1 aromatic carbocycles. The zero-order valence-corrected chi connectivity index (χ0v) is 8.02. The minimum absolute atomic E-state index is 0.399. The van der Waals surface area contributed by atoms with Crippen LogP contribution in [-0.2, 0) is 0 Å². The molecule has 2 rings (SSSR count). The van der Waals surface area contributed by atoms with Crippen molar-refractivity contribution in [1.82, 2.24) is 4.73 Å². The van der Waals surface area contributed by atoms with Crippen LogP contribution in [0.5, 0.6) is 0 Å². The summed E-state index contributed by atoms with van der Waals surface area (Å²) in [6.45, 7) is 3.50.